The van der Waals surface area contributed by atoms with E-state index in [0.29, 0.717) is 10.8 Å². The van der Waals surface area contributed by atoms with E-state index in [0.717, 1.165) is 5.92 Å². The predicted octanol–water partition coefficient (Wildman–Crippen LogP) is 8.77. The number of hydrogen-bond donors (Lipinski definition) is 0. The van der Waals surface area contributed by atoms with Gasteiger partial charge in [-0.05, 0) is 60.7 Å². The monoisotopic (exact) mass is 347 g/mol. The van der Waals surface area contributed by atoms with Gasteiger partial charge in [0.25, 0.3) is 0 Å². The molecule has 0 aliphatic heterocycles. The lowest BCUT2D eigenvalue weighted by atomic mass is 9.49. The third-order valence-corrected chi connectivity index (χ3v) is 8.05. The summed E-state index contributed by atoms with van der Waals surface area (Å²) >= 11 is 0. The van der Waals surface area contributed by atoms with Gasteiger partial charge in [-0.15, -0.1) is 0 Å². The summed E-state index contributed by atoms with van der Waals surface area (Å²) in [5, 5.41) is 0. The second kappa shape index (κ2) is 9.09. The molecular weight excluding hydrogens is 300 g/mol. The standard InChI is InChI=1S/C25H47/c1-10-12-13-14-15-22(25(8,9)23(4,5)11-2)24(6,7)21-18-16-20(3)17-19-21/h16,21H,10-15,17-19H2,1-9H3. The molecule has 0 spiro atoms. The first-order valence-electron chi connectivity index (χ1n) is 11.0. The van der Waals surface area contributed by atoms with Gasteiger partial charge in [0.15, 0.2) is 0 Å². The van der Waals surface area contributed by atoms with E-state index < -0.39 is 0 Å². The molecule has 25 heavy (non-hydrogen) atoms. The molecule has 0 nitrogen and oxygen atoms in total. The van der Waals surface area contributed by atoms with E-state index in [2.05, 4.69) is 68.4 Å². The fraction of sp³-hybridized carbons (Fsp3) is 0.880. The van der Waals surface area contributed by atoms with Crippen molar-refractivity contribution in [3.63, 3.8) is 0 Å². The molecule has 0 saturated carbocycles. The predicted molar refractivity (Wildman–Crippen MR) is 115 cm³/mol. The summed E-state index contributed by atoms with van der Waals surface area (Å²) < 4.78 is 0. The molecule has 1 aliphatic rings. The largest absolute Gasteiger partial charge is 0.0853 e. The van der Waals surface area contributed by atoms with Gasteiger partial charge < -0.3 is 0 Å². The molecular formula is C25H47. The molecule has 0 saturated heterocycles. The molecule has 1 radical (unpaired) electrons. The minimum Gasteiger partial charge on any atom is -0.0853 e. The molecule has 0 aromatic rings. The van der Waals surface area contributed by atoms with Crippen LogP contribution in [-0.4, -0.2) is 0 Å². The average Bonchev–Trinajstić information content (AvgIpc) is 2.54. The van der Waals surface area contributed by atoms with Crippen molar-refractivity contribution in [1.82, 2.24) is 0 Å². The summed E-state index contributed by atoms with van der Waals surface area (Å²) in [6.45, 7) is 22.2. The smallest absolute Gasteiger partial charge is 0.0120 e. The SMILES string of the molecule is CCCCCC[C](C(C)(C)C1CC=C(C)CC1)C(C)(C)C(C)(C)CC. The van der Waals surface area contributed by atoms with Gasteiger partial charge in [-0.1, -0.05) is 99.1 Å². The fourth-order valence-electron chi connectivity index (χ4n) is 4.89. The highest BCUT2D eigenvalue weighted by molar-refractivity contribution is 5.19. The molecule has 1 unspecified atom stereocenters. The zero-order valence-electron chi connectivity index (χ0n) is 19.0. The van der Waals surface area contributed by atoms with Gasteiger partial charge in [-0.25, -0.2) is 0 Å². The van der Waals surface area contributed by atoms with Crippen LogP contribution in [-0.2, 0) is 0 Å². The minimum absolute atomic E-state index is 0.285. The lowest BCUT2D eigenvalue weighted by Gasteiger charge is -2.55. The summed E-state index contributed by atoms with van der Waals surface area (Å²) in [6, 6.07) is 0. The van der Waals surface area contributed by atoms with Gasteiger partial charge in [-0.3, -0.25) is 0 Å². The van der Waals surface area contributed by atoms with Crippen LogP contribution in [0.3, 0.4) is 0 Å². The first kappa shape index (κ1) is 22.8. The first-order valence-corrected chi connectivity index (χ1v) is 11.0. The van der Waals surface area contributed by atoms with E-state index in [1.807, 2.05) is 5.92 Å². The van der Waals surface area contributed by atoms with E-state index in [1.54, 1.807) is 5.57 Å². The number of unbranched alkanes of at least 4 members (excludes halogenated alkanes) is 3. The zero-order chi connectivity index (χ0) is 19.3. The van der Waals surface area contributed by atoms with Gasteiger partial charge >= 0.3 is 0 Å². The third-order valence-electron chi connectivity index (χ3n) is 8.05. The Bertz CT molecular complexity index is 421. The Hall–Kier alpha value is -0.260. The van der Waals surface area contributed by atoms with Gasteiger partial charge in [0.05, 0.1) is 0 Å². The van der Waals surface area contributed by atoms with Crippen molar-refractivity contribution in [2.45, 2.75) is 120 Å². The molecule has 1 rings (SSSR count). The van der Waals surface area contributed by atoms with Crippen molar-refractivity contribution in [2.24, 2.45) is 22.2 Å². The Labute approximate surface area is 160 Å². The van der Waals surface area contributed by atoms with E-state index >= 15 is 0 Å². The molecule has 0 aromatic heterocycles. The summed E-state index contributed by atoms with van der Waals surface area (Å²) in [5.74, 6) is 2.66. The van der Waals surface area contributed by atoms with Gasteiger partial charge in [0.1, 0.15) is 0 Å². The Morgan fingerprint density at radius 2 is 1.64 bits per heavy atom. The van der Waals surface area contributed by atoms with Crippen molar-refractivity contribution in [3.8, 4) is 0 Å². The summed E-state index contributed by atoms with van der Waals surface area (Å²) in [6.07, 6.45) is 14.5. The van der Waals surface area contributed by atoms with Crippen LogP contribution in [0.15, 0.2) is 11.6 Å². The van der Waals surface area contributed by atoms with Gasteiger partial charge in [0.2, 0.25) is 0 Å². The summed E-state index contributed by atoms with van der Waals surface area (Å²) in [5.41, 5.74) is 2.57. The topological polar surface area (TPSA) is 0 Å². The van der Waals surface area contributed by atoms with Crippen LogP contribution in [0.25, 0.3) is 0 Å². The van der Waals surface area contributed by atoms with Crippen LogP contribution in [0.1, 0.15) is 120 Å². The second-order valence-corrected chi connectivity index (χ2v) is 10.4. The summed E-state index contributed by atoms with van der Waals surface area (Å²) in [7, 11) is 0. The highest BCUT2D eigenvalue weighted by atomic mass is 14.5. The van der Waals surface area contributed by atoms with E-state index in [1.165, 1.54) is 57.8 Å². The molecule has 0 fully saturated rings. The van der Waals surface area contributed by atoms with Crippen molar-refractivity contribution >= 4 is 0 Å². The van der Waals surface area contributed by atoms with Crippen molar-refractivity contribution in [2.75, 3.05) is 0 Å². The maximum absolute atomic E-state index is 2.56. The minimum atomic E-state index is 0.285. The van der Waals surface area contributed by atoms with Crippen LogP contribution in [0, 0.1) is 28.1 Å². The van der Waals surface area contributed by atoms with Crippen molar-refractivity contribution in [3.05, 3.63) is 17.6 Å². The lowest BCUT2D eigenvalue weighted by Crippen LogP contribution is -2.46. The Morgan fingerprint density at radius 1 is 1.00 bits per heavy atom. The van der Waals surface area contributed by atoms with E-state index in [4.69, 9.17) is 0 Å². The quantitative estimate of drug-likeness (QED) is 0.273. The second-order valence-electron chi connectivity index (χ2n) is 10.4. The van der Waals surface area contributed by atoms with Crippen LogP contribution < -0.4 is 0 Å². The van der Waals surface area contributed by atoms with Crippen LogP contribution >= 0.6 is 0 Å². The average molecular weight is 348 g/mol. The number of hydrogen-bond acceptors (Lipinski definition) is 0. The fourth-order valence-corrected chi connectivity index (χ4v) is 4.89. The van der Waals surface area contributed by atoms with Gasteiger partial charge in [-0.2, -0.15) is 0 Å². The van der Waals surface area contributed by atoms with Crippen LogP contribution in [0.4, 0.5) is 0 Å². The molecule has 1 atom stereocenters. The lowest BCUT2D eigenvalue weighted by molar-refractivity contribution is 0.0460. The van der Waals surface area contributed by atoms with Crippen molar-refractivity contribution < 1.29 is 0 Å². The van der Waals surface area contributed by atoms with Crippen molar-refractivity contribution in [1.29, 1.82) is 0 Å². The first-order chi connectivity index (χ1) is 11.5. The Balaban J connectivity index is 3.07. The molecule has 0 bridgehead atoms. The molecule has 0 heteroatoms. The Morgan fingerprint density at radius 3 is 2.12 bits per heavy atom. The molecule has 147 valence electrons. The van der Waals surface area contributed by atoms with Crippen LogP contribution in [0.2, 0.25) is 0 Å². The molecule has 0 amide bonds. The molecule has 0 N–H and O–H groups in total. The van der Waals surface area contributed by atoms with Crippen LogP contribution in [0.5, 0.6) is 0 Å². The zero-order valence-corrected chi connectivity index (χ0v) is 19.0. The maximum Gasteiger partial charge on any atom is -0.0120 e. The molecule has 0 heterocycles. The maximum atomic E-state index is 2.56. The number of allylic oxidation sites excluding steroid dienone is 2. The third kappa shape index (κ3) is 5.36. The summed E-state index contributed by atoms with van der Waals surface area (Å²) in [4.78, 5) is 0. The van der Waals surface area contributed by atoms with E-state index in [-0.39, 0.29) is 5.41 Å². The molecule has 1 aliphatic carbocycles. The number of rotatable bonds is 10. The highest BCUT2D eigenvalue weighted by Crippen LogP contribution is 2.59. The normalized spacial score (nSPS) is 20.1. The molecule has 0 aromatic carbocycles. The highest BCUT2D eigenvalue weighted by Gasteiger charge is 2.50. The Kier molecular flexibility index (Phi) is 8.29. The van der Waals surface area contributed by atoms with Gasteiger partial charge in [0, 0.05) is 0 Å². The van der Waals surface area contributed by atoms with E-state index in [9.17, 15) is 0 Å².